The van der Waals surface area contributed by atoms with E-state index in [-0.39, 0.29) is 5.91 Å². The van der Waals surface area contributed by atoms with E-state index in [1.54, 1.807) is 19.2 Å². The van der Waals surface area contributed by atoms with Crippen LogP contribution in [0.25, 0.3) is 0 Å². The highest BCUT2D eigenvalue weighted by molar-refractivity contribution is 9.10. The van der Waals surface area contributed by atoms with Crippen molar-refractivity contribution in [3.05, 3.63) is 34.3 Å². The van der Waals surface area contributed by atoms with Crippen molar-refractivity contribution in [1.82, 2.24) is 16.0 Å². The summed E-state index contributed by atoms with van der Waals surface area (Å²) in [7, 11) is 1.74. The fraction of sp³-hybridized carbons (Fsp3) is 0.500. The van der Waals surface area contributed by atoms with Crippen LogP contribution in [0.3, 0.4) is 0 Å². The van der Waals surface area contributed by atoms with Gasteiger partial charge in [0.15, 0.2) is 5.96 Å². The summed E-state index contributed by atoms with van der Waals surface area (Å²) in [5.74, 6) is 1.35. The zero-order chi connectivity index (χ0) is 16.4. The van der Waals surface area contributed by atoms with Crippen LogP contribution in [-0.2, 0) is 0 Å². The van der Waals surface area contributed by atoms with Gasteiger partial charge in [-0.25, -0.2) is 0 Å². The summed E-state index contributed by atoms with van der Waals surface area (Å²) >= 11 is 3.36. The Morgan fingerprint density at radius 2 is 1.86 bits per heavy atom. The highest BCUT2D eigenvalue weighted by Crippen LogP contribution is 2.11. The summed E-state index contributed by atoms with van der Waals surface area (Å²) in [5, 5.41) is 9.30. The molecule has 0 radical (unpaired) electrons. The predicted molar refractivity (Wildman–Crippen MR) is 95.3 cm³/mol. The maximum atomic E-state index is 12.0. The molecule has 122 valence electrons. The van der Waals surface area contributed by atoms with Crippen LogP contribution in [-0.4, -0.2) is 38.5 Å². The number of halogens is 1. The van der Waals surface area contributed by atoms with Crippen LogP contribution in [0.1, 0.15) is 30.6 Å². The first-order valence-corrected chi connectivity index (χ1v) is 8.30. The van der Waals surface area contributed by atoms with E-state index in [2.05, 4.69) is 50.7 Å². The molecule has 0 aliphatic heterocycles. The van der Waals surface area contributed by atoms with Gasteiger partial charge in [-0.15, -0.1) is 0 Å². The van der Waals surface area contributed by atoms with Crippen molar-refractivity contribution in [2.24, 2.45) is 10.9 Å². The van der Waals surface area contributed by atoms with Gasteiger partial charge in [-0.2, -0.15) is 0 Å². The third kappa shape index (κ3) is 7.45. The maximum Gasteiger partial charge on any atom is 0.251 e. The number of nitrogens with one attached hydrogen (secondary N) is 3. The second kappa shape index (κ2) is 10.2. The fourth-order valence-corrected chi connectivity index (χ4v) is 2.19. The molecule has 1 aromatic rings. The standard InChI is InChI=1S/C16H25BrN4O/c1-12(2)7-8-20-16(18-3)21-10-9-19-15(22)13-5-4-6-14(17)11-13/h4-6,11-12H,7-10H2,1-3H3,(H,19,22)(H2,18,20,21). The van der Waals surface area contributed by atoms with Crippen molar-refractivity contribution in [3.63, 3.8) is 0 Å². The van der Waals surface area contributed by atoms with Crippen LogP contribution in [0.5, 0.6) is 0 Å². The molecule has 0 aliphatic rings. The Morgan fingerprint density at radius 1 is 1.18 bits per heavy atom. The molecule has 6 heteroatoms. The lowest BCUT2D eigenvalue weighted by atomic mass is 10.1. The number of rotatable bonds is 7. The molecule has 0 saturated carbocycles. The Balaban J connectivity index is 2.24. The van der Waals surface area contributed by atoms with E-state index in [4.69, 9.17) is 0 Å². The summed E-state index contributed by atoms with van der Waals surface area (Å²) in [5.41, 5.74) is 0.647. The number of benzene rings is 1. The quantitative estimate of drug-likeness (QED) is 0.393. The van der Waals surface area contributed by atoms with Gasteiger partial charge in [0.2, 0.25) is 0 Å². The molecule has 5 nitrogen and oxygen atoms in total. The van der Waals surface area contributed by atoms with E-state index < -0.39 is 0 Å². The monoisotopic (exact) mass is 368 g/mol. The van der Waals surface area contributed by atoms with Gasteiger partial charge in [-0.05, 0) is 30.5 Å². The van der Waals surface area contributed by atoms with Gasteiger partial charge >= 0.3 is 0 Å². The van der Waals surface area contributed by atoms with E-state index in [9.17, 15) is 4.79 Å². The smallest absolute Gasteiger partial charge is 0.251 e. The SMILES string of the molecule is CN=C(NCCNC(=O)c1cccc(Br)c1)NCCC(C)C. The van der Waals surface area contributed by atoms with Gasteiger partial charge in [0.1, 0.15) is 0 Å². The Bertz CT molecular complexity index is 503. The molecule has 0 aliphatic carbocycles. The summed E-state index contributed by atoms with van der Waals surface area (Å²) < 4.78 is 0.896. The first kappa shape index (κ1) is 18.5. The van der Waals surface area contributed by atoms with Gasteiger partial charge < -0.3 is 16.0 Å². The molecular formula is C16H25BrN4O. The number of guanidine groups is 1. The van der Waals surface area contributed by atoms with E-state index in [0.29, 0.717) is 24.6 Å². The van der Waals surface area contributed by atoms with Crippen molar-refractivity contribution in [2.45, 2.75) is 20.3 Å². The van der Waals surface area contributed by atoms with Gasteiger partial charge in [0.25, 0.3) is 5.91 Å². The topological polar surface area (TPSA) is 65.5 Å². The molecule has 0 saturated heterocycles. The lowest BCUT2D eigenvalue weighted by molar-refractivity contribution is 0.0954. The number of nitrogens with zero attached hydrogens (tertiary/aromatic N) is 1. The molecule has 0 heterocycles. The average Bonchev–Trinajstić information content (AvgIpc) is 2.49. The summed E-state index contributed by atoms with van der Waals surface area (Å²) in [6, 6.07) is 7.33. The zero-order valence-corrected chi connectivity index (χ0v) is 15.0. The summed E-state index contributed by atoms with van der Waals surface area (Å²) in [4.78, 5) is 16.1. The number of hydrogen-bond acceptors (Lipinski definition) is 2. The third-order valence-electron chi connectivity index (χ3n) is 3.03. The Hall–Kier alpha value is -1.56. The Kier molecular flexibility index (Phi) is 8.58. The lowest BCUT2D eigenvalue weighted by Gasteiger charge is -2.13. The van der Waals surface area contributed by atoms with Crippen LogP contribution >= 0.6 is 15.9 Å². The predicted octanol–water partition coefficient (Wildman–Crippen LogP) is 2.39. The molecule has 0 atom stereocenters. The van der Waals surface area contributed by atoms with Crippen LogP contribution in [0.15, 0.2) is 33.7 Å². The highest BCUT2D eigenvalue weighted by atomic mass is 79.9. The normalized spacial score (nSPS) is 11.4. The summed E-state index contributed by atoms with van der Waals surface area (Å²) in [6.07, 6.45) is 1.10. The van der Waals surface area contributed by atoms with Gasteiger partial charge in [-0.1, -0.05) is 35.8 Å². The molecule has 0 aromatic heterocycles. The molecule has 22 heavy (non-hydrogen) atoms. The van der Waals surface area contributed by atoms with Crippen molar-refractivity contribution in [3.8, 4) is 0 Å². The molecule has 0 fully saturated rings. The van der Waals surface area contributed by atoms with Crippen molar-refractivity contribution >= 4 is 27.8 Å². The van der Waals surface area contributed by atoms with Crippen LogP contribution in [0.2, 0.25) is 0 Å². The fourth-order valence-electron chi connectivity index (χ4n) is 1.79. The van der Waals surface area contributed by atoms with Gasteiger partial charge in [0, 0.05) is 36.7 Å². The number of amides is 1. The van der Waals surface area contributed by atoms with Crippen molar-refractivity contribution in [2.75, 3.05) is 26.7 Å². The minimum atomic E-state index is -0.0779. The van der Waals surface area contributed by atoms with Crippen molar-refractivity contribution < 1.29 is 4.79 Å². The first-order valence-electron chi connectivity index (χ1n) is 7.51. The first-order chi connectivity index (χ1) is 10.5. The lowest BCUT2D eigenvalue weighted by Crippen LogP contribution is -2.42. The molecule has 1 rings (SSSR count). The maximum absolute atomic E-state index is 12.0. The second-order valence-corrected chi connectivity index (χ2v) is 6.29. The largest absolute Gasteiger partial charge is 0.356 e. The second-order valence-electron chi connectivity index (χ2n) is 5.37. The molecular weight excluding hydrogens is 344 g/mol. The number of carbonyl (C=O) groups is 1. The van der Waals surface area contributed by atoms with Gasteiger partial charge in [-0.3, -0.25) is 9.79 Å². The molecule has 1 aromatic carbocycles. The van der Waals surface area contributed by atoms with Gasteiger partial charge in [0.05, 0.1) is 0 Å². The average molecular weight is 369 g/mol. The van der Waals surface area contributed by atoms with E-state index in [1.165, 1.54) is 0 Å². The molecule has 3 N–H and O–H groups in total. The van der Waals surface area contributed by atoms with E-state index in [0.717, 1.165) is 23.4 Å². The molecule has 0 unspecified atom stereocenters. The Morgan fingerprint density at radius 3 is 2.50 bits per heavy atom. The molecule has 0 bridgehead atoms. The van der Waals surface area contributed by atoms with E-state index in [1.807, 2.05) is 12.1 Å². The molecule has 1 amide bonds. The zero-order valence-electron chi connectivity index (χ0n) is 13.4. The van der Waals surface area contributed by atoms with Crippen molar-refractivity contribution in [1.29, 1.82) is 0 Å². The number of carbonyl (C=O) groups excluding carboxylic acids is 1. The third-order valence-corrected chi connectivity index (χ3v) is 3.52. The number of aliphatic imine (C=N–C) groups is 1. The molecule has 0 spiro atoms. The number of hydrogen-bond donors (Lipinski definition) is 3. The minimum Gasteiger partial charge on any atom is -0.356 e. The van der Waals surface area contributed by atoms with Crippen LogP contribution in [0, 0.1) is 5.92 Å². The Labute approximate surface area is 141 Å². The van der Waals surface area contributed by atoms with E-state index >= 15 is 0 Å². The highest BCUT2D eigenvalue weighted by Gasteiger charge is 2.05. The summed E-state index contributed by atoms with van der Waals surface area (Å²) in [6.45, 7) is 6.43. The van der Waals surface area contributed by atoms with Crippen LogP contribution < -0.4 is 16.0 Å². The van der Waals surface area contributed by atoms with Crippen LogP contribution in [0.4, 0.5) is 0 Å². The minimum absolute atomic E-state index is 0.0779.